The first-order chi connectivity index (χ1) is 8.55. The number of rotatable bonds is 4. The highest BCUT2D eigenvalue weighted by Crippen LogP contribution is 2.37. The van der Waals surface area contributed by atoms with Crippen molar-refractivity contribution in [3.63, 3.8) is 0 Å². The van der Waals surface area contributed by atoms with Crippen molar-refractivity contribution in [2.75, 3.05) is 6.61 Å². The normalized spacial score (nSPS) is 16.2. The molecular weight excluding hydrogens is 238 g/mol. The molecule has 0 N–H and O–H groups in total. The monoisotopic (exact) mass is 254 g/mol. The van der Waals surface area contributed by atoms with Crippen molar-refractivity contribution in [1.82, 2.24) is 0 Å². The molecule has 0 aromatic heterocycles. The topological polar surface area (TPSA) is 26.3 Å². The fraction of sp³-hybridized carbons (Fsp3) is 0.500. The van der Waals surface area contributed by atoms with Crippen LogP contribution in [-0.2, 0) is 15.5 Å². The van der Waals surface area contributed by atoms with Crippen LogP contribution in [0.15, 0.2) is 24.3 Å². The second-order valence-electron chi connectivity index (χ2n) is 4.54. The lowest BCUT2D eigenvalue weighted by Gasteiger charge is -2.26. The van der Waals surface area contributed by atoms with Crippen molar-refractivity contribution in [2.45, 2.75) is 38.0 Å². The van der Waals surface area contributed by atoms with E-state index >= 15 is 0 Å². The third-order valence-corrected chi connectivity index (χ3v) is 3.38. The highest BCUT2D eigenvalue weighted by Gasteiger charge is 2.42. The van der Waals surface area contributed by atoms with Crippen LogP contribution in [0.2, 0.25) is 0 Å². The van der Waals surface area contributed by atoms with E-state index in [4.69, 9.17) is 0 Å². The van der Waals surface area contributed by atoms with E-state index < -0.39 is 11.9 Å². The van der Waals surface area contributed by atoms with Crippen LogP contribution in [0, 0.1) is 0 Å². The number of benzene rings is 1. The Balaban J connectivity index is 2.14. The number of ether oxygens (including phenoxy) is 1. The molecule has 18 heavy (non-hydrogen) atoms. The number of alkyl halides is 2. The Hall–Kier alpha value is -1.45. The zero-order valence-corrected chi connectivity index (χ0v) is 10.3. The van der Waals surface area contributed by atoms with Gasteiger partial charge in [0.1, 0.15) is 0 Å². The van der Waals surface area contributed by atoms with E-state index in [9.17, 15) is 13.6 Å². The van der Waals surface area contributed by atoms with Crippen LogP contribution >= 0.6 is 0 Å². The molecule has 0 spiro atoms. The largest absolute Gasteiger partial charge is 0.461 e. The van der Waals surface area contributed by atoms with Gasteiger partial charge in [0, 0.05) is 5.56 Å². The minimum Gasteiger partial charge on any atom is -0.461 e. The van der Waals surface area contributed by atoms with Gasteiger partial charge in [-0.25, -0.2) is 4.79 Å². The summed E-state index contributed by atoms with van der Waals surface area (Å²) in [6.07, 6.45) is 3.44. The standard InChI is InChI=1S/C14H16F2O2/c1-2-18-13(17)14(15,16)12-8-6-11(7-9-12)10-4-3-5-10/h6-10H,2-5H2,1H3. The number of hydrogen-bond donors (Lipinski definition) is 0. The van der Waals surface area contributed by atoms with Crippen LogP contribution in [0.3, 0.4) is 0 Å². The summed E-state index contributed by atoms with van der Waals surface area (Å²) in [6.45, 7) is 1.46. The van der Waals surface area contributed by atoms with Crippen molar-refractivity contribution in [1.29, 1.82) is 0 Å². The summed E-state index contributed by atoms with van der Waals surface area (Å²) in [6, 6.07) is 6.02. The molecule has 1 aromatic carbocycles. The fourth-order valence-electron chi connectivity index (χ4n) is 2.05. The molecule has 1 aliphatic carbocycles. The van der Waals surface area contributed by atoms with Crippen molar-refractivity contribution in [3.05, 3.63) is 35.4 Å². The van der Waals surface area contributed by atoms with Crippen LogP contribution in [0.5, 0.6) is 0 Å². The molecule has 98 valence electrons. The first-order valence-corrected chi connectivity index (χ1v) is 6.21. The molecule has 1 saturated carbocycles. The number of hydrogen-bond acceptors (Lipinski definition) is 2. The quantitative estimate of drug-likeness (QED) is 0.767. The van der Waals surface area contributed by atoms with E-state index in [2.05, 4.69) is 4.74 Å². The van der Waals surface area contributed by atoms with Gasteiger partial charge < -0.3 is 4.74 Å². The summed E-state index contributed by atoms with van der Waals surface area (Å²) in [5.74, 6) is -4.55. The molecule has 2 rings (SSSR count). The van der Waals surface area contributed by atoms with E-state index in [0.29, 0.717) is 5.92 Å². The van der Waals surface area contributed by atoms with E-state index in [1.165, 1.54) is 25.5 Å². The van der Waals surface area contributed by atoms with E-state index in [0.717, 1.165) is 18.4 Å². The molecule has 4 heteroatoms. The second-order valence-corrected chi connectivity index (χ2v) is 4.54. The molecule has 0 amide bonds. The summed E-state index contributed by atoms with van der Waals surface area (Å²) in [7, 11) is 0. The Morgan fingerprint density at radius 3 is 2.39 bits per heavy atom. The van der Waals surface area contributed by atoms with Gasteiger partial charge >= 0.3 is 11.9 Å². The Morgan fingerprint density at radius 2 is 1.94 bits per heavy atom. The molecule has 2 nitrogen and oxygen atoms in total. The predicted octanol–water partition coefficient (Wildman–Crippen LogP) is 3.61. The third-order valence-electron chi connectivity index (χ3n) is 3.38. The second kappa shape index (κ2) is 5.04. The zero-order valence-electron chi connectivity index (χ0n) is 10.3. The van der Waals surface area contributed by atoms with Crippen molar-refractivity contribution in [2.24, 2.45) is 0 Å². The maximum absolute atomic E-state index is 13.7. The molecule has 0 atom stereocenters. The number of carbonyl (C=O) groups is 1. The third kappa shape index (κ3) is 2.37. The maximum atomic E-state index is 13.7. The Bertz CT molecular complexity index is 422. The van der Waals surface area contributed by atoms with Crippen LogP contribution < -0.4 is 0 Å². The van der Waals surface area contributed by atoms with Gasteiger partial charge in [0.15, 0.2) is 0 Å². The fourth-order valence-corrected chi connectivity index (χ4v) is 2.05. The Labute approximate surface area is 105 Å². The summed E-state index contributed by atoms with van der Waals surface area (Å²) >= 11 is 0. The first kappa shape index (κ1) is 13.0. The van der Waals surface area contributed by atoms with Crippen LogP contribution in [0.25, 0.3) is 0 Å². The van der Waals surface area contributed by atoms with E-state index in [-0.39, 0.29) is 12.2 Å². The van der Waals surface area contributed by atoms with Gasteiger partial charge in [-0.05, 0) is 31.2 Å². The van der Waals surface area contributed by atoms with Crippen molar-refractivity contribution < 1.29 is 18.3 Å². The minimum absolute atomic E-state index is 0.0470. The Kier molecular flexibility index (Phi) is 3.64. The molecule has 1 aromatic rings. The van der Waals surface area contributed by atoms with E-state index in [1.54, 1.807) is 12.1 Å². The summed E-state index contributed by atoms with van der Waals surface area (Å²) in [5, 5.41) is 0. The lowest BCUT2D eigenvalue weighted by Crippen LogP contribution is -2.28. The smallest absolute Gasteiger partial charge is 0.381 e. The molecule has 0 radical (unpaired) electrons. The average Bonchev–Trinajstić information content (AvgIpc) is 2.28. The first-order valence-electron chi connectivity index (χ1n) is 6.21. The lowest BCUT2D eigenvalue weighted by atomic mass is 9.80. The van der Waals surface area contributed by atoms with Gasteiger partial charge in [-0.1, -0.05) is 30.7 Å². The SMILES string of the molecule is CCOC(=O)C(F)(F)c1ccc(C2CCC2)cc1. The number of halogens is 2. The molecule has 1 aliphatic rings. The van der Waals surface area contributed by atoms with Gasteiger partial charge in [0.25, 0.3) is 0 Å². The van der Waals surface area contributed by atoms with Gasteiger partial charge in [0.2, 0.25) is 0 Å². The van der Waals surface area contributed by atoms with Crippen molar-refractivity contribution in [3.8, 4) is 0 Å². The van der Waals surface area contributed by atoms with Gasteiger partial charge in [-0.15, -0.1) is 0 Å². The molecule has 0 saturated heterocycles. The van der Waals surface area contributed by atoms with Crippen molar-refractivity contribution >= 4 is 5.97 Å². The minimum atomic E-state index is -3.56. The van der Waals surface area contributed by atoms with Gasteiger partial charge in [-0.2, -0.15) is 8.78 Å². The van der Waals surface area contributed by atoms with Crippen LogP contribution in [0.4, 0.5) is 8.78 Å². The van der Waals surface area contributed by atoms with Gasteiger partial charge in [-0.3, -0.25) is 0 Å². The van der Waals surface area contributed by atoms with E-state index in [1.807, 2.05) is 0 Å². The van der Waals surface area contributed by atoms with Crippen LogP contribution in [-0.4, -0.2) is 12.6 Å². The molecule has 0 unspecified atom stereocenters. The molecule has 1 fully saturated rings. The summed E-state index contributed by atoms with van der Waals surface area (Å²) < 4.78 is 31.8. The maximum Gasteiger partial charge on any atom is 0.381 e. The Morgan fingerprint density at radius 1 is 1.33 bits per heavy atom. The number of carbonyl (C=O) groups excluding carboxylic acids is 1. The van der Waals surface area contributed by atoms with Gasteiger partial charge in [0.05, 0.1) is 6.61 Å². The highest BCUT2D eigenvalue weighted by molar-refractivity contribution is 5.79. The predicted molar refractivity (Wildman–Crippen MR) is 63.6 cm³/mol. The molecular formula is C14H16F2O2. The lowest BCUT2D eigenvalue weighted by molar-refractivity contribution is -0.173. The molecule has 0 aliphatic heterocycles. The summed E-state index contributed by atoms with van der Waals surface area (Å²) in [4.78, 5) is 11.2. The van der Waals surface area contributed by atoms with Crippen LogP contribution in [0.1, 0.15) is 43.2 Å². The summed E-state index contributed by atoms with van der Waals surface area (Å²) in [5.41, 5.74) is 0.772. The molecule has 0 bridgehead atoms. The average molecular weight is 254 g/mol. The number of esters is 1. The highest BCUT2D eigenvalue weighted by atomic mass is 19.3. The zero-order chi connectivity index (χ0) is 13.2. The molecule has 0 heterocycles.